The average molecular weight is 421 g/mol. The van der Waals surface area contributed by atoms with E-state index in [1.165, 1.54) is 22.2 Å². The Morgan fingerprint density at radius 3 is 2.56 bits per heavy atom. The number of nitrogens with zero attached hydrogens (tertiary/aromatic N) is 2. The van der Waals surface area contributed by atoms with Gasteiger partial charge in [-0.3, -0.25) is 9.36 Å². The molecule has 0 unspecified atom stereocenters. The zero-order valence-electron chi connectivity index (χ0n) is 14.0. The maximum atomic E-state index is 13.0. The highest BCUT2D eigenvalue weighted by molar-refractivity contribution is 9.10. The molecule has 25 heavy (non-hydrogen) atoms. The molecule has 1 atom stereocenters. The molecule has 0 aliphatic carbocycles. The molecule has 3 aromatic rings. The molecule has 0 fully saturated rings. The van der Waals surface area contributed by atoms with Crippen molar-refractivity contribution in [3.63, 3.8) is 0 Å². The molecule has 0 saturated heterocycles. The summed E-state index contributed by atoms with van der Waals surface area (Å²) in [5.41, 5.74) is 1.52. The largest absolute Gasteiger partial charge is 0.461 e. The van der Waals surface area contributed by atoms with Crippen LogP contribution in [-0.4, -0.2) is 21.6 Å². The molecule has 0 aliphatic heterocycles. The molecule has 0 amide bonds. The fourth-order valence-electron chi connectivity index (χ4n) is 2.51. The fourth-order valence-corrected chi connectivity index (χ4v) is 3.68. The second-order valence-corrected chi connectivity index (χ2v) is 7.73. The van der Waals surface area contributed by atoms with Gasteiger partial charge in [-0.05, 0) is 38.5 Å². The summed E-state index contributed by atoms with van der Waals surface area (Å²) in [4.78, 5) is 30.2. The van der Waals surface area contributed by atoms with Crippen LogP contribution in [0.15, 0.2) is 45.2 Å². The van der Waals surface area contributed by atoms with Crippen molar-refractivity contribution in [3.05, 3.63) is 50.8 Å². The standard InChI is InChI=1S/C18H17BrN2O3S/c1-10(2)24-18(23)11(3)21-9-20-16-15(17(21)22)14(8-25-16)12-4-6-13(19)7-5-12/h4-11H,1-3H3/t11-/m1/s1. The summed E-state index contributed by atoms with van der Waals surface area (Å²) in [6.45, 7) is 5.20. The van der Waals surface area contributed by atoms with Crippen LogP contribution in [0.1, 0.15) is 26.8 Å². The molecule has 2 heterocycles. The maximum Gasteiger partial charge on any atom is 0.329 e. The molecule has 7 heteroatoms. The molecular formula is C18H17BrN2O3S. The SMILES string of the molecule is CC(C)OC(=O)[C@@H](C)n1cnc2scc(-c3ccc(Br)cc3)c2c1=O. The van der Waals surface area contributed by atoms with Crippen molar-refractivity contribution in [1.82, 2.24) is 9.55 Å². The normalized spacial score (nSPS) is 12.5. The van der Waals surface area contributed by atoms with E-state index in [1.807, 2.05) is 29.6 Å². The molecule has 0 bridgehead atoms. The monoisotopic (exact) mass is 420 g/mol. The van der Waals surface area contributed by atoms with Crippen LogP contribution in [0.25, 0.3) is 21.3 Å². The van der Waals surface area contributed by atoms with Crippen LogP contribution in [0.3, 0.4) is 0 Å². The van der Waals surface area contributed by atoms with Crippen molar-refractivity contribution >= 4 is 43.5 Å². The van der Waals surface area contributed by atoms with Crippen molar-refractivity contribution in [2.24, 2.45) is 0 Å². The molecular weight excluding hydrogens is 404 g/mol. The predicted molar refractivity (Wildman–Crippen MR) is 103 cm³/mol. The van der Waals surface area contributed by atoms with E-state index >= 15 is 0 Å². The topological polar surface area (TPSA) is 61.2 Å². The number of hydrogen-bond donors (Lipinski definition) is 0. The Labute approximate surface area is 157 Å². The summed E-state index contributed by atoms with van der Waals surface area (Å²) in [5.74, 6) is -0.446. The third-order valence-electron chi connectivity index (χ3n) is 3.78. The highest BCUT2D eigenvalue weighted by atomic mass is 79.9. The second kappa shape index (κ2) is 7.09. The van der Waals surface area contributed by atoms with Crippen molar-refractivity contribution < 1.29 is 9.53 Å². The van der Waals surface area contributed by atoms with Crippen molar-refractivity contribution in [2.45, 2.75) is 32.9 Å². The lowest BCUT2D eigenvalue weighted by molar-refractivity contribution is -0.151. The van der Waals surface area contributed by atoms with Crippen molar-refractivity contribution in [2.75, 3.05) is 0 Å². The average Bonchev–Trinajstić information content (AvgIpc) is 2.99. The maximum absolute atomic E-state index is 13.0. The molecule has 0 N–H and O–H groups in total. The Morgan fingerprint density at radius 1 is 1.24 bits per heavy atom. The highest BCUT2D eigenvalue weighted by Gasteiger charge is 2.22. The lowest BCUT2D eigenvalue weighted by Crippen LogP contribution is -2.30. The third kappa shape index (κ3) is 3.52. The van der Waals surface area contributed by atoms with E-state index in [-0.39, 0.29) is 11.7 Å². The van der Waals surface area contributed by atoms with Gasteiger partial charge in [-0.15, -0.1) is 11.3 Å². The number of ether oxygens (including phenoxy) is 1. The van der Waals surface area contributed by atoms with Gasteiger partial charge in [0.2, 0.25) is 0 Å². The smallest absolute Gasteiger partial charge is 0.329 e. The number of fused-ring (bicyclic) bond motifs is 1. The summed E-state index contributed by atoms with van der Waals surface area (Å²) in [7, 11) is 0. The summed E-state index contributed by atoms with van der Waals surface area (Å²) in [5, 5.41) is 2.45. The Bertz CT molecular complexity index is 976. The third-order valence-corrected chi connectivity index (χ3v) is 5.20. The van der Waals surface area contributed by atoms with Crippen LogP contribution in [0.2, 0.25) is 0 Å². The van der Waals surface area contributed by atoms with Crippen molar-refractivity contribution in [1.29, 1.82) is 0 Å². The number of rotatable bonds is 4. The van der Waals surface area contributed by atoms with E-state index in [2.05, 4.69) is 20.9 Å². The number of aromatic nitrogens is 2. The first-order valence-electron chi connectivity index (χ1n) is 7.83. The molecule has 0 aliphatic rings. The Kier molecular flexibility index (Phi) is 5.06. The van der Waals surface area contributed by atoms with E-state index in [4.69, 9.17) is 4.74 Å². The van der Waals surface area contributed by atoms with Crippen LogP contribution in [0.4, 0.5) is 0 Å². The fraction of sp³-hybridized carbons (Fsp3) is 0.278. The van der Waals surface area contributed by atoms with Crippen molar-refractivity contribution in [3.8, 4) is 11.1 Å². The van der Waals surface area contributed by atoms with Gasteiger partial charge in [-0.1, -0.05) is 28.1 Å². The molecule has 1 aromatic carbocycles. The number of halogens is 1. The number of carbonyl (C=O) groups is 1. The molecule has 2 aromatic heterocycles. The minimum Gasteiger partial charge on any atom is -0.461 e. The van der Waals surface area contributed by atoms with Crippen LogP contribution >= 0.6 is 27.3 Å². The first kappa shape index (κ1) is 17.8. The summed E-state index contributed by atoms with van der Waals surface area (Å²) < 4.78 is 7.52. The Morgan fingerprint density at radius 2 is 1.92 bits per heavy atom. The zero-order valence-corrected chi connectivity index (χ0v) is 16.4. The Balaban J connectivity index is 2.10. The van der Waals surface area contributed by atoms with E-state index in [9.17, 15) is 9.59 Å². The molecule has 0 saturated carbocycles. The van der Waals surface area contributed by atoms with E-state index in [0.717, 1.165) is 15.6 Å². The number of thiophene rings is 1. The van der Waals surface area contributed by atoms with Crippen LogP contribution < -0.4 is 5.56 Å². The predicted octanol–water partition coefficient (Wildman–Crippen LogP) is 4.40. The summed E-state index contributed by atoms with van der Waals surface area (Å²) in [6, 6.07) is 7.01. The van der Waals surface area contributed by atoms with Crippen LogP contribution in [0.5, 0.6) is 0 Å². The number of esters is 1. The number of hydrogen-bond acceptors (Lipinski definition) is 5. The molecule has 5 nitrogen and oxygen atoms in total. The van der Waals surface area contributed by atoms with Crippen LogP contribution in [-0.2, 0) is 9.53 Å². The lowest BCUT2D eigenvalue weighted by atomic mass is 10.1. The van der Waals surface area contributed by atoms with Crippen LogP contribution in [0, 0.1) is 0 Å². The number of carbonyl (C=O) groups excluding carboxylic acids is 1. The molecule has 3 rings (SSSR count). The highest BCUT2D eigenvalue weighted by Crippen LogP contribution is 2.31. The molecule has 0 radical (unpaired) electrons. The quantitative estimate of drug-likeness (QED) is 0.586. The zero-order chi connectivity index (χ0) is 18.1. The van der Waals surface area contributed by atoms with E-state index in [0.29, 0.717) is 10.2 Å². The molecule has 130 valence electrons. The van der Waals surface area contributed by atoms with E-state index < -0.39 is 12.0 Å². The van der Waals surface area contributed by atoms with Gasteiger partial charge >= 0.3 is 5.97 Å². The second-order valence-electron chi connectivity index (χ2n) is 5.96. The number of benzene rings is 1. The molecule has 0 spiro atoms. The lowest BCUT2D eigenvalue weighted by Gasteiger charge is -2.16. The minimum absolute atomic E-state index is 0.234. The van der Waals surface area contributed by atoms with Gasteiger partial charge in [0.1, 0.15) is 10.9 Å². The van der Waals surface area contributed by atoms with Gasteiger partial charge in [-0.25, -0.2) is 9.78 Å². The van der Waals surface area contributed by atoms with Gasteiger partial charge in [0.15, 0.2) is 0 Å². The summed E-state index contributed by atoms with van der Waals surface area (Å²) >= 11 is 4.83. The van der Waals surface area contributed by atoms with Gasteiger partial charge < -0.3 is 4.74 Å². The van der Waals surface area contributed by atoms with Gasteiger partial charge in [0.05, 0.1) is 17.8 Å². The summed E-state index contributed by atoms with van der Waals surface area (Å²) in [6.07, 6.45) is 1.18. The van der Waals surface area contributed by atoms with E-state index in [1.54, 1.807) is 20.8 Å². The Hall–Kier alpha value is -1.99. The van der Waals surface area contributed by atoms with Gasteiger partial charge in [0, 0.05) is 15.4 Å². The first-order valence-corrected chi connectivity index (χ1v) is 9.50. The first-order chi connectivity index (χ1) is 11.9. The minimum atomic E-state index is -0.732. The van der Waals surface area contributed by atoms with Gasteiger partial charge in [-0.2, -0.15) is 0 Å². The van der Waals surface area contributed by atoms with Gasteiger partial charge in [0.25, 0.3) is 5.56 Å².